The van der Waals surface area contributed by atoms with E-state index in [4.69, 9.17) is 0 Å². The number of H-pyrrole nitrogens is 1. The van der Waals surface area contributed by atoms with E-state index in [0.717, 1.165) is 33.2 Å². The standard InChI is InChI=1S/C18H15N3O2S/c1-24(22,23)14-4-5-16-15(11-14)17(7-9-19-16)21-13-3-2-12-6-8-20-18(12)10-13/h2-11,20H,1H3,(H,19,21). The Labute approximate surface area is 139 Å². The number of benzene rings is 2. The average molecular weight is 337 g/mol. The predicted octanol–water partition coefficient (Wildman–Crippen LogP) is 3.86. The van der Waals surface area contributed by atoms with Crippen molar-refractivity contribution in [2.24, 2.45) is 0 Å². The molecular weight excluding hydrogens is 322 g/mol. The number of nitrogens with zero attached hydrogens (tertiary/aromatic N) is 1. The largest absolute Gasteiger partial charge is 0.361 e. The van der Waals surface area contributed by atoms with Crippen LogP contribution in [-0.4, -0.2) is 24.6 Å². The Morgan fingerprint density at radius 1 is 1.04 bits per heavy atom. The molecule has 0 bridgehead atoms. The predicted molar refractivity (Wildman–Crippen MR) is 96.4 cm³/mol. The van der Waals surface area contributed by atoms with Crippen molar-refractivity contribution >= 4 is 43.0 Å². The second-order valence-corrected chi connectivity index (χ2v) is 7.73. The van der Waals surface area contributed by atoms with Crippen molar-refractivity contribution in [1.82, 2.24) is 9.97 Å². The van der Waals surface area contributed by atoms with Crippen molar-refractivity contribution in [1.29, 1.82) is 0 Å². The zero-order chi connectivity index (χ0) is 16.7. The van der Waals surface area contributed by atoms with E-state index in [-0.39, 0.29) is 4.90 Å². The smallest absolute Gasteiger partial charge is 0.175 e. The van der Waals surface area contributed by atoms with Gasteiger partial charge < -0.3 is 10.3 Å². The molecule has 0 spiro atoms. The van der Waals surface area contributed by atoms with Gasteiger partial charge in [-0.15, -0.1) is 0 Å². The molecule has 0 unspecified atom stereocenters. The first-order chi connectivity index (χ1) is 11.5. The normalized spacial score (nSPS) is 11.9. The summed E-state index contributed by atoms with van der Waals surface area (Å²) in [5.74, 6) is 0. The van der Waals surface area contributed by atoms with Crippen LogP contribution in [0.25, 0.3) is 21.8 Å². The molecule has 0 amide bonds. The van der Waals surface area contributed by atoms with Crippen molar-refractivity contribution in [3.63, 3.8) is 0 Å². The third-order valence-corrected chi connectivity index (χ3v) is 5.09. The molecule has 0 aliphatic heterocycles. The van der Waals surface area contributed by atoms with Gasteiger partial charge in [-0.3, -0.25) is 4.98 Å². The minimum Gasteiger partial charge on any atom is -0.361 e. The van der Waals surface area contributed by atoms with Gasteiger partial charge in [-0.25, -0.2) is 8.42 Å². The van der Waals surface area contributed by atoms with Crippen LogP contribution < -0.4 is 5.32 Å². The van der Waals surface area contributed by atoms with Crippen LogP contribution in [0.1, 0.15) is 0 Å². The summed E-state index contributed by atoms with van der Waals surface area (Å²) in [4.78, 5) is 7.77. The molecule has 2 aromatic heterocycles. The Balaban J connectivity index is 1.83. The molecule has 0 saturated heterocycles. The number of hydrogen-bond acceptors (Lipinski definition) is 4. The summed E-state index contributed by atoms with van der Waals surface area (Å²) in [5, 5.41) is 5.26. The minimum atomic E-state index is -3.27. The second-order valence-electron chi connectivity index (χ2n) is 5.71. The molecule has 4 rings (SSSR count). The van der Waals surface area contributed by atoms with Crippen LogP contribution in [0, 0.1) is 0 Å². The van der Waals surface area contributed by atoms with E-state index in [1.165, 1.54) is 6.26 Å². The fraction of sp³-hybridized carbons (Fsp3) is 0.0556. The highest BCUT2D eigenvalue weighted by atomic mass is 32.2. The van der Waals surface area contributed by atoms with Gasteiger partial charge in [0, 0.05) is 40.9 Å². The molecular formula is C18H15N3O2S. The van der Waals surface area contributed by atoms with Crippen LogP contribution in [0.5, 0.6) is 0 Å². The van der Waals surface area contributed by atoms with Gasteiger partial charge in [-0.05, 0) is 47.9 Å². The molecule has 0 radical (unpaired) electrons. The number of aromatic amines is 1. The maximum Gasteiger partial charge on any atom is 0.175 e. The Morgan fingerprint density at radius 2 is 1.92 bits per heavy atom. The Kier molecular flexibility index (Phi) is 3.28. The Hall–Kier alpha value is -2.86. The molecule has 0 aliphatic carbocycles. The number of anilines is 2. The summed E-state index contributed by atoms with van der Waals surface area (Å²) >= 11 is 0. The van der Waals surface area contributed by atoms with E-state index in [1.807, 2.05) is 36.5 Å². The van der Waals surface area contributed by atoms with E-state index in [9.17, 15) is 8.42 Å². The highest BCUT2D eigenvalue weighted by Gasteiger charge is 2.10. The van der Waals surface area contributed by atoms with Crippen LogP contribution in [0.2, 0.25) is 0 Å². The van der Waals surface area contributed by atoms with Crippen LogP contribution in [0.4, 0.5) is 11.4 Å². The number of pyridine rings is 1. The lowest BCUT2D eigenvalue weighted by molar-refractivity contribution is 0.602. The third-order valence-electron chi connectivity index (χ3n) is 3.98. The van der Waals surface area contributed by atoms with Crippen molar-refractivity contribution in [3.8, 4) is 0 Å². The number of hydrogen-bond donors (Lipinski definition) is 2. The summed E-state index contributed by atoms with van der Waals surface area (Å²) in [6.45, 7) is 0. The Morgan fingerprint density at radius 3 is 2.75 bits per heavy atom. The van der Waals surface area contributed by atoms with E-state index >= 15 is 0 Å². The molecule has 24 heavy (non-hydrogen) atoms. The fourth-order valence-electron chi connectivity index (χ4n) is 2.75. The van der Waals surface area contributed by atoms with Crippen molar-refractivity contribution in [2.75, 3.05) is 11.6 Å². The quantitative estimate of drug-likeness (QED) is 0.595. The zero-order valence-corrected chi connectivity index (χ0v) is 13.8. The topological polar surface area (TPSA) is 74.8 Å². The summed E-state index contributed by atoms with van der Waals surface area (Å²) in [5.41, 5.74) is 3.52. The molecule has 0 atom stereocenters. The lowest BCUT2D eigenvalue weighted by Crippen LogP contribution is -1.98. The zero-order valence-electron chi connectivity index (χ0n) is 12.9. The number of nitrogens with one attached hydrogen (secondary N) is 2. The van der Waals surface area contributed by atoms with Gasteiger partial charge in [0.15, 0.2) is 9.84 Å². The summed E-state index contributed by atoms with van der Waals surface area (Å²) in [7, 11) is -3.27. The Bertz CT molecular complexity index is 1160. The molecule has 0 fully saturated rings. The van der Waals surface area contributed by atoms with E-state index in [2.05, 4.69) is 15.3 Å². The summed E-state index contributed by atoms with van der Waals surface area (Å²) < 4.78 is 23.6. The van der Waals surface area contributed by atoms with E-state index in [1.54, 1.807) is 24.4 Å². The molecule has 0 saturated carbocycles. The van der Waals surface area contributed by atoms with Gasteiger partial charge in [0.25, 0.3) is 0 Å². The molecule has 2 aromatic carbocycles. The van der Waals surface area contributed by atoms with Crippen LogP contribution in [-0.2, 0) is 9.84 Å². The summed E-state index contributed by atoms with van der Waals surface area (Å²) in [6.07, 6.45) is 4.81. The van der Waals surface area contributed by atoms with Gasteiger partial charge in [0.05, 0.1) is 10.4 Å². The maximum atomic E-state index is 11.8. The lowest BCUT2D eigenvalue weighted by atomic mass is 10.1. The molecule has 6 heteroatoms. The molecule has 2 N–H and O–H groups in total. The minimum absolute atomic E-state index is 0.283. The van der Waals surface area contributed by atoms with Crippen molar-refractivity contribution in [2.45, 2.75) is 4.90 Å². The summed E-state index contributed by atoms with van der Waals surface area (Å²) in [6, 6.07) is 14.9. The van der Waals surface area contributed by atoms with Gasteiger partial charge in [0.2, 0.25) is 0 Å². The number of fused-ring (bicyclic) bond motifs is 2. The number of sulfone groups is 1. The first-order valence-corrected chi connectivity index (χ1v) is 9.33. The molecule has 0 aliphatic rings. The van der Waals surface area contributed by atoms with Crippen LogP contribution >= 0.6 is 0 Å². The first-order valence-electron chi connectivity index (χ1n) is 7.44. The van der Waals surface area contributed by atoms with Crippen molar-refractivity contribution in [3.05, 3.63) is 60.9 Å². The third kappa shape index (κ3) is 2.61. The highest BCUT2D eigenvalue weighted by molar-refractivity contribution is 7.90. The highest BCUT2D eigenvalue weighted by Crippen LogP contribution is 2.28. The lowest BCUT2D eigenvalue weighted by Gasteiger charge is -2.10. The number of aromatic nitrogens is 2. The van der Waals surface area contributed by atoms with E-state index in [0.29, 0.717) is 0 Å². The maximum absolute atomic E-state index is 11.8. The van der Waals surface area contributed by atoms with Gasteiger partial charge >= 0.3 is 0 Å². The second kappa shape index (κ2) is 5.35. The SMILES string of the molecule is CS(=O)(=O)c1ccc2nccc(Nc3ccc4cc[nH]c4c3)c2c1. The molecule has 2 heterocycles. The van der Waals surface area contributed by atoms with Crippen LogP contribution in [0.15, 0.2) is 65.8 Å². The van der Waals surface area contributed by atoms with Crippen LogP contribution in [0.3, 0.4) is 0 Å². The first kappa shape index (κ1) is 14.7. The van der Waals surface area contributed by atoms with Gasteiger partial charge in [0.1, 0.15) is 0 Å². The number of rotatable bonds is 3. The van der Waals surface area contributed by atoms with E-state index < -0.39 is 9.84 Å². The van der Waals surface area contributed by atoms with Gasteiger partial charge in [-0.1, -0.05) is 6.07 Å². The van der Waals surface area contributed by atoms with Crippen molar-refractivity contribution < 1.29 is 8.42 Å². The molecule has 4 aromatic rings. The fourth-order valence-corrected chi connectivity index (χ4v) is 3.39. The average Bonchev–Trinajstić information content (AvgIpc) is 3.01. The molecule has 5 nitrogen and oxygen atoms in total. The molecule has 120 valence electrons. The monoisotopic (exact) mass is 337 g/mol. The van der Waals surface area contributed by atoms with Gasteiger partial charge in [-0.2, -0.15) is 0 Å².